The molecule has 0 radical (unpaired) electrons. The number of aromatic carboxylic acids is 1. The number of carboxylic acids is 1. The Kier molecular flexibility index (Phi) is 8.17. The molecule has 1 atom stereocenters. The second-order valence-corrected chi connectivity index (χ2v) is 10.6. The van der Waals surface area contributed by atoms with Crippen molar-refractivity contribution in [3.05, 3.63) is 123 Å². The number of halogens is 1. The van der Waals surface area contributed by atoms with Gasteiger partial charge in [-0.05, 0) is 59.9 Å². The molecular formula is C33H28ClNO6. The number of ether oxygens (including phenoxy) is 1. The number of ketones is 2. The Bertz CT molecular complexity index is 1670. The normalized spacial score (nSPS) is 13.4. The zero-order valence-corrected chi connectivity index (χ0v) is 23.1. The van der Waals surface area contributed by atoms with Gasteiger partial charge in [-0.15, -0.1) is 0 Å². The Morgan fingerprint density at radius 2 is 1.66 bits per heavy atom. The lowest BCUT2D eigenvalue weighted by atomic mass is 9.94. The number of carbonyl (C=O) groups is 3. The summed E-state index contributed by atoms with van der Waals surface area (Å²) in [5.74, 6) is -0.965. The van der Waals surface area contributed by atoms with E-state index in [9.17, 15) is 24.3 Å². The van der Waals surface area contributed by atoms with Crippen LogP contribution in [0.2, 0.25) is 5.02 Å². The van der Waals surface area contributed by atoms with E-state index in [2.05, 4.69) is 0 Å². The van der Waals surface area contributed by atoms with Crippen molar-refractivity contribution in [2.45, 2.75) is 31.7 Å². The number of carboxylic acid groups (broad SMARTS) is 1. The third kappa shape index (κ3) is 6.31. The zero-order valence-electron chi connectivity index (χ0n) is 22.4. The van der Waals surface area contributed by atoms with E-state index in [1.54, 1.807) is 30.3 Å². The first kappa shape index (κ1) is 28.1. The van der Waals surface area contributed by atoms with Gasteiger partial charge in [0, 0.05) is 41.0 Å². The number of pyridine rings is 1. The van der Waals surface area contributed by atoms with Crippen molar-refractivity contribution in [1.29, 1.82) is 0 Å². The highest BCUT2D eigenvalue weighted by atomic mass is 35.5. The van der Waals surface area contributed by atoms with Crippen LogP contribution < -0.4 is 10.3 Å². The Morgan fingerprint density at radius 1 is 0.951 bits per heavy atom. The van der Waals surface area contributed by atoms with Gasteiger partial charge in [0.05, 0.1) is 24.9 Å². The van der Waals surface area contributed by atoms with Crippen LogP contribution in [0.15, 0.2) is 89.9 Å². The molecule has 0 amide bonds. The highest BCUT2D eigenvalue weighted by Crippen LogP contribution is 2.39. The molecule has 4 aromatic rings. The van der Waals surface area contributed by atoms with Gasteiger partial charge < -0.3 is 14.4 Å². The maximum atomic E-state index is 13.7. The lowest BCUT2D eigenvalue weighted by Gasteiger charge is -2.22. The number of methoxy groups -OCH3 is 1. The van der Waals surface area contributed by atoms with Gasteiger partial charge in [0.25, 0.3) is 5.56 Å². The molecular weight excluding hydrogens is 542 g/mol. The first-order valence-corrected chi connectivity index (χ1v) is 13.7. The van der Waals surface area contributed by atoms with Crippen LogP contribution in [-0.4, -0.2) is 34.3 Å². The molecule has 0 bridgehead atoms. The van der Waals surface area contributed by atoms with Gasteiger partial charge in [0.1, 0.15) is 5.75 Å². The van der Waals surface area contributed by atoms with Gasteiger partial charge in [-0.1, -0.05) is 54.1 Å². The Morgan fingerprint density at radius 3 is 2.29 bits per heavy atom. The topological polar surface area (TPSA) is 103 Å². The number of carbonyl (C=O) groups excluding carboxylic acids is 2. The van der Waals surface area contributed by atoms with Crippen LogP contribution >= 0.6 is 11.6 Å². The van der Waals surface area contributed by atoms with E-state index in [1.807, 2.05) is 30.3 Å². The van der Waals surface area contributed by atoms with Gasteiger partial charge in [0.2, 0.25) is 0 Å². The molecule has 1 heterocycles. The van der Waals surface area contributed by atoms with Crippen LogP contribution in [0.3, 0.4) is 0 Å². The second kappa shape index (κ2) is 11.9. The van der Waals surface area contributed by atoms with E-state index < -0.39 is 17.6 Å². The molecule has 1 N–H and O–H groups in total. The number of hydrogen-bond acceptors (Lipinski definition) is 5. The summed E-state index contributed by atoms with van der Waals surface area (Å²) >= 11 is 6.31. The summed E-state index contributed by atoms with van der Waals surface area (Å²) in [5.41, 5.74) is 2.62. The van der Waals surface area contributed by atoms with Gasteiger partial charge in [0.15, 0.2) is 11.6 Å². The van der Waals surface area contributed by atoms with Gasteiger partial charge in [-0.3, -0.25) is 14.4 Å². The quantitative estimate of drug-likeness (QED) is 0.220. The molecule has 1 aromatic heterocycles. The molecule has 1 aliphatic rings. The predicted molar refractivity (Wildman–Crippen MR) is 156 cm³/mol. The van der Waals surface area contributed by atoms with Crippen molar-refractivity contribution in [3.8, 4) is 16.9 Å². The Balaban J connectivity index is 1.56. The summed E-state index contributed by atoms with van der Waals surface area (Å²) in [6.07, 6.45) is 3.45. The molecule has 1 saturated carbocycles. The van der Waals surface area contributed by atoms with Crippen LogP contribution in [-0.2, 0) is 17.6 Å². The lowest BCUT2D eigenvalue weighted by Crippen LogP contribution is -2.32. The third-order valence-corrected chi connectivity index (χ3v) is 7.54. The van der Waals surface area contributed by atoms with Crippen molar-refractivity contribution in [2.75, 3.05) is 7.11 Å². The fraction of sp³-hybridized carbons (Fsp3) is 0.212. The molecule has 0 saturated heterocycles. The highest BCUT2D eigenvalue weighted by Gasteiger charge is 2.33. The van der Waals surface area contributed by atoms with E-state index in [0.29, 0.717) is 33.0 Å². The number of Topliss-reactive ketones (excluding diaryl/α,β-unsaturated/α-hetero) is 2. The molecule has 7 nitrogen and oxygen atoms in total. The van der Waals surface area contributed by atoms with Crippen molar-refractivity contribution < 1.29 is 24.2 Å². The van der Waals surface area contributed by atoms with Crippen LogP contribution in [0.5, 0.6) is 5.75 Å². The standard InChI is InChI=1S/C33H28ClNO6/c1-41-30-19-35(31(37)18-27(30)26-17-24(34)13-14-25(26)32(38)22-11-12-22)28(15-20-5-3-2-4-6-20)29(36)16-21-7-9-23(10-8-21)33(39)40/h2-10,13-14,17-19,22,28H,11-12,15-16H2,1H3,(H,39,40). The minimum absolute atomic E-state index is 0.00222. The van der Waals surface area contributed by atoms with Gasteiger partial charge >= 0.3 is 5.97 Å². The van der Waals surface area contributed by atoms with E-state index in [4.69, 9.17) is 16.3 Å². The van der Waals surface area contributed by atoms with Crippen molar-refractivity contribution >= 4 is 29.1 Å². The molecule has 1 unspecified atom stereocenters. The van der Waals surface area contributed by atoms with Crippen molar-refractivity contribution in [3.63, 3.8) is 0 Å². The average Bonchev–Trinajstić information content (AvgIpc) is 3.82. The number of rotatable bonds is 11. The van der Waals surface area contributed by atoms with Gasteiger partial charge in [-0.2, -0.15) is 0 Å². The first-order valence-electron chi connectivity index (χ1n) is 13.3. The van der Waals surface area contributed by atoms with E-state index >= 15 is 0 Å². The van der Waals surface area contributed by atoms with Crippen LogP contribution in [0.1, 0.15) is 50.7 Å². The summed E-state index contributed by atoms with van der Waals surface area (Å²) in [7, 11) is 1.47. The monoisotopic (exact) mass is 569 g/mol. The molecule has 0 spiro atoms. The summed E-state index contributed by atoms with van der Waals surface area (Å²) in [5, 5.41) is 9.61. The second-order valence-electron chi connectivity index (χ2n) is 10.2. The Hall–Kier alpha value is -4.49. The smallest absolute Gasteiger partial charge is 0.335 e. The minimum Gasteiger partial charge on any atom is -0.495 e. The van der Waals surface area contributed by atoms with Crippen molar-refractivity contribution in [2.24, 2.45) is 5.92 Å². The molecule has 208 valence electrons. The molecule has 3 aromatic carbocycles. The molecule has 1 aliphatic carbocycles. The molecule has 5 rings (SSSR count). The summed E-state index contributed by atoms with van der Waals surface area (Å²) in [6, 6.07) is 21.0. The number of aromatic nitrogens is 1. The molecule has 8 heteroatoms. The highest BCUT2D eigenvalue weighted by molar-refractivity contribution is 6.31. The maximum absolute atomic E-state index is 13.7. The minimum atomic E-state index is -1.05. The third-order valence-electron chi connectivity index (χ3n) is 7.31. The largest absolute Gasteiger partial charge is 0.495 e. The van der Waals surface area contributed by atoms with E-state index in [0.717, 1.165) is 18.4 Å². The van der Waals surface area contributed by atoms with E-state index in [1.165, 1.54) is 36.1 Å². The lowest BCUT2D eigenvalue weighted by molar-refractivity contribution is -0.121. The SMILES string of the molecule is COc1cn(C(Cc2ccccc2)C(=O)Cc2ccc(C(=O)O)cc2)c(=O)cc1-c1cc(Cl)ccc1C(=O)C1CC1. The first-order chi connectivity index (χ1) is 19.7. The summed E-state index contributed by atoms with van der Waals surface area (Å²) in [6.45, 7) is 0. The fourth-order valence-corrected chi connectivity index (χ4v) is 5.13. The fourth-order valence-electron chi connectivity index (χ4n) is 4.95. The van der Waals surface area contributed by atoms with Gasteiger partial charge in [-0.25, -0.2) is 4.79 Å². The molecule has 0 aliphatic heterocycles. The zero-order chi connectivity index (χ0) is 29.1. The van der Waals surface area contributed by atoms with Crippen LogP contribution in [0.4, 0.5) is 0 Å². The molecule has 1 fully saturated rings. The molecule has 41 heavy (non-hydrogen) atoms. The number of nitrogens with zero attached hydrogens (tertiary/aromatic N) is 1. The number of hydrogen-bond donors (Lipinski definition) is 1. The predicted octanol–water partition coefficient (Wildman–Crippen LogP) is 6.06. The number of benzene rings is 3. The maximum Gasteiger partial charge on any atom is 0.335 e. The average molecular weight is 570 g/mol. The van der Waals surface area contributed by atoms with Crippen LogP contribution in [0, 0.1) is 5.92 Å². The van der Waals surface area contributed by atoms with Crippen LogP contribution in [0.25, 0.3) is 11.1 Å². The van der Waals surface area contributed by atoms with Crippen molar-refractivity contribution in [1.82, 2.24) is 4.57 Å². The Labute approximate surface area is 242 Å². The summed E-state index contributed by atoms with van der Waals surface area (Å²) < 4.78 is 7.07. The van der Waals surface area contributed by atoms with E-state index in [-0.39, 0.29) is 35.9 Å². The summed E-state index contributed by atoms with van der Waals surface area (Å²) in [4.78, 5) is 51.7.